The van der Waals surface area contributed by atoms with E-state index in [1.54, 1.807) is 30.3 Å². The van der Waals surface area contributed by atoms with Gasteiger partial charge in [0, 0.05) is 22.5 Å². The Labute approximate surface area is 154 Å². The van der Waals surface area contributed by atoms with Gasteiger partial charge in [-0.05, 0) is 24.6 Å². The van der Waals surface area contributed by atoms with Gasteiger partial charge in [-0.1, -0.05) is 35.0 Å². The van der Waals surface area contributed by atoms with Gasteiger partial charge >= 0.3 is 0 Å². The minimum atomic E-state index is -0.198. The lowest BCUT2D eigenvalue weighted by Gasteiger charge is -2.21. The van der Waals surface area contributed by atoms with E-state index in [4.69, 9.17) is 9.47 Å². The zero-order valence-corrected chi connectivity index (χ0v) is 15.4. The van der Waals surface area contributed by atoms with Crippen LogP contribution in [0, 0.1) is 0 Å². The van der Waals surface area contributed by atoms with Crippen molar-refractivity contribution >= 4 is 33.3 Å². The van der Waals surface area contributed by atoms with Gasteiger partial charge in [0.05, 0.1) is 11.3 Å². The van der Waals surface area contributed by atoms with Crippen molar-refractivity contribution in [2.75, 3.05) is 18.5 Å². The van der Waals surface area contributed by atoms with Gasteiger partial charge in [-0.15, -0.1) is 0 Å². The first-order valence-corrected chi connectivity index (χ1v) is 8.92. The molecule has 1 heterocycles. The number of nitrogens with one attached hydrogen (secondary N) is 1. The zero-order valence-electron chi connectivity index (χ0n) is 13.8. The van der Waals surface area contributed by atoms with Crippen molar-refractivity contribution in [1.29, 1.82) is 0 Å². The Kier molecular flexibility index (Phi) is 5.38. The van der Waals surface area contributed by atoms with E-state index >= 15 is 0 Å². The molecule has 0 aliphatic carbocycles. The predicted octanol–water partition coefficient (Wildman–Crippen LogP) is 4.19. The topological polar surface area (TPSA) is 64.6 Å². The summed E-state index contributed by atoms with van der Waals surface area (Å²) in [5.74, 6) is 0.702. The van der Waals surface area contributed by atoms with Crippen LogP contribution in [0.15, 0.2) is 40.9 Å². The molecule has 130 valence electrons. The molecule has 1 aliphatic rings. The molecular formula is C19H18BrNO4. The summed E-state index contributed by atoms with van der Waals surface area (Å²) in [5.41, 5.74) is 1.33. The van der Waals surface area contributed by atoms with Crippen molar-refractivity contribution in [3.8, 4) is 11.5 Å². The summed E-state index contributed by atoms with van der Waals surface area (Å²) < 4.78 is 11.9. The number of rotatable bonds is 5. The molecule has 25 heavy (non-hydrogen) atoms. The van der Waals surface area contributed by atoms with Crippen LogP contribution in [0.3, 0.4) is 0 Å². The van der Waals surface area contributed by atoms with Gasteiger partial charge in [-0.3, -0.25) is 9.59 Å². The molecule has 0 bridgehead atoms. The highest BCUT2D eigenvalue weighted by atomic mass is 79.9. The maximum absolute atomic E-state index is 13.0. The van der Waals surface area contributed by atoms with Crippen molar-refractivity contribution in [3.05, 3.63) is 52.0 Å². The first kappa shape index (κ1) is 17.5. The minimum absolute atomic E-state index is 0.139. The highest BCUT2D eigenvalue weighted by Crippen LogP contribution is 2.37. The number of anilines is 1. The van der Waals surface area contributed by atoms with E-state index in [0.29, 0.717) is 52.4 Å². The molecule has 0 fully saturated rings. The molecule has 1 N–H and O–H groups in total. The van der Waals surface area contributed by atoms with Crippen LogP contribution in [0.5, 0.6) is 11.5 Å². The number of ketones is 1. The average molecular weight is 404 g/mol. The van der Waals surface area contributed by atoms with Gasteiger partial charge in [-0.25, -0.2) is 0 Å². The number of ether oxygens (including phenoxy) is 2. The standard InChI is InChI=1S/C19H18BrNO4/c1-2-5-18(22)21-15-11-17-16(24-8-9-25-17)10-13(15)19(23)12-6-3-4-7-14(12)20/h3-4,6-7,10-11H,2,5,8-9H2,1H3,(H,21,22). The van der Waals surface area contributed by atoms with E-state index in [0.717, 1.165) is 6.42 Å². The van der Waals surface area contributed by atoms with Gasteiger partial charge in [-0.2, -0.15) is 0 Å². The number of carbonyl (C=O) groups is 2. The Balaban J connectivity index is 2.05. The average Bonchev–Trinajstić information content (AvgIpc) is 2.61. The van der Waals surface area contributed by atoms with E-state index in [9.17, 15) is 9.59 Å². The number of hydrogen-bond donors (Lipinski definition) is 1. The van der Waals surface area contributed by atoms with Gasteiger partial charge in [0.25, 0.3) is 0 Å². The molecule has 1 aliphatic heterocycles. The highest BCUT2D eigenvalue weighted by molar-refractivity contribution is 9.10. The Hall–Kier alpha value is -2.34. The molecule has 5 nitrogen and oxygen atoms in total. The van der Waals surface area contributed by atoms with Crippen molar-refractivity contribution in [3.63, 3.8) is 0 Å². The molecule has 0 saturated heterocycles. The van der Waals surface area contributed by atoms with Crippen molar-refractivity contribution < 1.29 is 19.1 Å². The maximum atomic E-state index is 13.0. The second kappa shape index (κ2) is 7.70. The third-order valence-electron chi connectivity index (χ3n) is 3.80. The predicted molar refractivity (Wildman–Crippen MR) is 98.5 cm³/mol. The summed E-state index contributed by atoms with van der Waals surface area (Å²) in [6.07, 6.45) is 1.11. The van der Waals surface area contributed by atoms with Crippen LogP contribution in [0.1, 0.15) is 35.7 Å². The van der Waals surface area contributed by atoms with Crippen LogP contribution >= 0.6 is 15.9 Å². The van der Waals surface area contributed by atoms with Crippen LogP contribution in [0.4, 0.5) is 5.69 Å². The second-order valence-corrected chi connectivity index (χ2v) is 6.50. The summed E-state index contributed by atoms with van der Waals surface area (Å²) in [7, 11) is 0. The lowest BCUT2D eigenvalue weighted by molar-refractivity contribution is -0.116. The van der Waals surface area contributed by atoms with Crippen LogP contribution < -0.4 is 14.8 Å². The Morgan fingerprint density at radius 1 is 1.08 bits per heavy atom. The molecule has 0 atom stereocenters. The second-order valence-electron chi connectivity index (χ2n) is 5.65. The molecule has 2 aromatic rings. The molecule has 0 aromatic heterocycles. The largest absolute Gasteiger partial charge is 0.486 e. The lowest BCUT2D eigenvalue weighted by atomic mass is 10.0. The van der Waals surface area contributed by atoms with Crippen molar-refractivity contribution in [2.45, 2.75) is 19.8 Å². The maximum Gasteiger partial charge on any atom is 0.224 e. The number of hydrogen-bond acceptors (Lipinski definition) is 4. The summed E-state index contributed by atoms with van der Waals surface area (Å²) >= 11 is 3.41. The van der Waals surface area contributed by atoms with Crippen LogP contribution in [0.2, 0.25) is 0 Å². The van der Waals surface area contributed by atoms with Crippen LogP contribution in [-0.2, 0) is 4.79 Å². The first-order valence-electron chi connectivity index (χ1n) is 8.13. The van der Waals surface area contributed by atoms with Gasteiger partial charge < -0.3 is 14.8 Å². The molecule has 3 rings (SSSR count). The Morgan fingerprint density at radius 2 is 1.76 bits per heavy atom. The number of benzene rings is 2. The highest BCUT2D eigenvalue weighted by Gasteiger charge is 2.22. The molecule has 0 radical (unpaired) electrons. The number of fused-ring (bicyclic) bond motifs is 1. The monoisotopic (exact) mass is 403 g/mol. The summed E-state index contributed by atoms with van der Waals surface area (Å²) in [6.45, 7) is 2.79. The van der Waals surface area contributed by atoms with Crippen molar-refractivity contribution in [1.82, 2.24) is 0 Å². The number of amides is 1. The van der Waals surface area contributed by atoms with Crippen LogP contribution in [-0.4, -0.2) is 24.9 Å². The lowest BCUT2D eigenvalue weighted by Crippen LogP contribution is -2.19. The SMILES string of the molecule is CCCC(=O)Nc1cc2c(cc1C(=O)c1ccccc1Br)OCCO2. The molecule has 0 spiro atoms. The third kappa shape index (κ3) is 3.85. The number of carbonyl (C=O) groups excluding carboxylic acids is 2. The van der Waals surface area contributed by atoms with E-state index in [-0.39, 0.29) is 11.7 Å². The van der Waals surface area contributed by atoms with Crippen LogP contribution in [0.25, 0.3) is 0 Å². The minimum Gasteiger partial charge on any atom is -0.486 e. The van der Waals surface area contributed by atoms with E-state index in [1.807, 2.05) is 13.0 Å². The fraction of sp³-hybridized carbons (Fsp3) is 0.263. The normalized spacial score (nSPS) is 12.6. The number of halogens is 1. The Morgan fingerprint density at radius 3 is 2.44 bits per heavy atom. The van der Waals surface area contributed by atoms with E-state index < -0.39 is 0 Å². The third-order valence-corrected chi connectivity index (χ3v) is 4.49. The summed E-state index contributed by atoms with van der Waals surface area (Å²) in [6, 6.07) is 10.5. The summed E-state index contributed by atoms with van der Waals surface area (Å²) in [5, 5.41) is 2.82. The molecular weight excluding hydrogens is 386 g/mol. The van der Waals surface area contributed by atoms with Gasteiger partial charge in [0.15, 0.2) is 17.3 Å². The van der Waals surface area contributed by atoms with Crippen molar-refractivity contribution in [2.24, 2.45) is 0 Å². The summed E-state index contributed by atoms with van der Waals surface area (Å²) in [4.78, 5) is 25.1. The fourth-order valence-electron chi connectivity index (χ4n) is 2.61. The quantitative estimate of drug-likeness (QED) is 0.760. The van der Waals surface area contributed by atoms with E-state index in [1.165, 1.54) is 0 Å². The van der Waals surface area contributed by atoms with Gasteiger partial charge in [0.1, 0.15) is 13.2 Å². The van der Waals surface area contributed by atoms with E-state index in [2.05, 4.69) is 21.2 Å². The smallest absolute Gasteiger partial charge is 0.224 e. The Bertz CT molecular complexity index is 819. The molecule has 1 amide bonds. The fourth-order valence-corrected chi connectivity index (χ4v) is 3.08. The zero-order chi connectivity index (χ0) is 17.8. The molecule has 2 aromatic carbocycles. The molecule has 0 unspecified atom stereocenters. The molecule has 6 heteroatoms. The molecule has 0 saturated carbocycles. The first-order chi connectivity index (χ1) is 12.1. The van der Waals surface area contributed by atoms with Gasteiger partial charge in [0.2, 0.25) is 5.91 Å².